The van der Waals surface area contributed by atoms with Crippen LogP contribution in [0.2, 0.25) is 0 Å². The molecule has 4 rings (SSSR count). The fourth-order valence-electron chi connectivity index (χ4n) is 3.51. The van der Waals surface area contributed by atoms with Gasteiger partial charge in [0.2, 0.25) is 0 Å². The molecule has 0 bridgehead atoms. The quantitative estimate of drug-likeness (QED) is 0.829. The average molecular weight is 283 g/mol. The fraction of sp³-hybridized carbons (Fsp3) is 0.400. The number of benzene rings is 1. The average Bonchev–Trinajstić information content (AvgIpc) is 3.17. The van der Waals surface area contributed by atoms with Crippen molar-refractivity contribution in [1.82, 2.24) is 20.3 Å². The second-order valence-corrected chi connectivity index (χ2v) is 5.83. The van der Waals surface area contributed by atoms with Crippen LogP contribution in [0.25, 0.3) is 0 Å². The van der Waals surface area contributed by atoms with Gasteiger partial charge in [0.25, 0.3) is 5.91 Å². The molecule has 6 heteroatoms. The molecule has 1 fully saturated rings. The van der Waals surface area contributed by atoms with Crippen molar-refractivity contribution in [3.8, 4) is 0 Å². The van der Waals surface area contributed by atoms with Gasteiger partial charge in [0.15, 0.2) is 5.69 Å². The summed E-state index contributed by atoms with van der Waals surface area (Å²) < 4.78 is 0. The molecule has 2 N–H and O–H groups in total. The monoisotopic (exact) mass is 283 g/mol. The number of piperidine rings is 1. The zero-order valence-electron chi connectivity index (χ0n) is 11.7. The van der Waals surface area contributed by atoms with Gasteiger partial charge in [0.1, 0.15) is 0 Å². The van der Waals surface area contributed by atoms with E-state index in [0.29, 0.717) is 5.69 Å². The molecule has 2 aliphatic heterocycles. The Labute approximate surface area is 122 Å². The number of nitrogens with zero attached hydrogens (tertiary/aromatic N) is 3. The maximum atomic E-state index is 12.3. The summed E-state index contributed by atoms with van der Waals surface area (Å²) in [4.78, 5) is 14.2. The first-order chi connectivity index (χ1) is 10.3. The number of likely N-dealkylation sites (tertiary alicyclic amines) is 1. The molecule has 0 saturated carbocycles. The van der Waals surface area contributed by atoms with E-state index in [0.717, 1.165) is 32.5 Å². The van der Waals surface area contributed by atoms with Crippen molar-refractivity contribution >= 4 is 11.6 Å². The molecule has 2 aliphatic rings. The van der Waals surface area contributed by atoms with Gasteiger partial charge in [-0.2, -0.15) is 15.4 Å². The molecule has 1 aromatic heterocycles. The van der Waals surface area contributed by atoms with E-state index in [4.69, 9.17) is 0 Å². The van der Waals surface area contributed by atoms with Crippen LogP contribution in [0.1, 0.15) is 28.9 Å². The van der Waals surface area contributed by atoms with Gasteiger partial charge in [-0.25, -0.2) is 0 Å². The number of amides is 1. The van der Waals surface area contributed by atoms with Gasteiger partial charge >= 0.3 is 0 Å². The highest BCUT2D eigenvalue weighted by atomic mass is 16.2. The maximum Gasteiger partial charge on any atom is 0.276 e. The van der Waals surface area contributed by atoms with Gasteiger partial charge in [-0.15, -0.1) is 0 Å². The summed E-state index contributed by atoms with van der Waals surface area (Å²) in [5.41, 5.74) is 3.22. The largest absolute Gasteiger partial charge is 0.384 e. The Hall–Kier alpha value is -2.37. The molecule has 1 saturated heterocycles. The summed E-state index contributed by atoms with van der Waals surface area (Å²) in [7, 11) is 0. The third-order valence-electron chi connectivity index (χ3n) is 4.76. The topological polar surface area (TPSA) is 73.9 Å². The highest BCUT2D eigenvalue weighted by molar-refractivity contribution is 5.92. The van der Waals surface area contributed by atoms with Gasteiger partial charge < -0.3 is 10.2 Å². The number of nitrogens with one attached hydrogen (secondary N) is 2. The SMILES string of the molecule is O=C(c1cn[nH]n1)N1CCC2(CC1)CNc1ccccc12. The van der Waals surface area contributed by atoms with Crippen molar-refractivity contribution in [2.75, 3.05) is 25.0 Å². The van der Waals surface area contributed by atoms with Crippen molar-refractivity contribution in [2.45, 2.75) is 18.3 Å². The summed E-state index contributed by atoms with van der Waals surface area (Å²) >= 11 is 0. The lowest BCUT2D eigenvalue weighted by Gasteiger charge is -2.39. The fourth-order valence-corrected chi connectivity index (χ4v) is 3.51. The Balaban J connectivity index is 1.52. The zero-order valence-corrected chi connectivity index (χ0v) is 11.7. The number of aromatic nitrogens is 3. The molecule has 0 radical (unpaired) electrons. The number of carbonyl (C=O) groups excluding carboxylic acids is 1. The first-order valence-electron chi connectivity index (χ1n) is 7.27. The van der Waals surface area contributed by atoms with E-state index in [1.54, 1.807) is 0 Å². The Kier molecular flexibility index (Phi) is 2.70. The highest BCUT2D eigenvalue weighted by Crippen LogP contribution is 2.43. The minimum atomic E-state index is -0.0298. The Morgan fingerprint density at radius 2 is 2.05 bits per heavy atom. The number of para-hydroxylation sites is 1. The molecule has 0 unspecified atom stereocenters. The van der Waals surface area contributed by atoms with Crippen LogP contribution >= 0.6 is 0 Å². The molecule has 0 aliphatic carbocycles. The van der Waals surface area contributed by atoms with Crippen molar-refractivity contribution < 1.29 is 4.79 Å². The number of H-pyrrole nitrogens is 1. The lowest BCUT2D eigenvalue weighted by atomic mass is 9.74. The Bertz CT molecular complexity index is 658. The van der Waals surface area contributed by atoms with Crippen LogP contribution in [0.5, 0.6) is 0 Å². The normalized spacial score (nSPS) is 19.3. The number of hydrogen-bond acceptors (Lipinski definition) is 4. The lowest BCUT2D eigenvalue weighted by molar-refractivity contribution is 0.0670. The molecule has 1 amide bonds. The van der Waals surface area contributed by atoms with E-state index in [1.807, 2.05) is 4.90 Å². The highest BCUT2D eigenvalue weighted by Gasteiger charge is 2.42. The lowest BCUT2D eigenvalue weighted by Crippen LogP contribution is -2.46. The Morgan fingerprint density at radius 3 is 2.81 bits per heavy atom. The summed E-state index contributed by atoms with van der Waals surface area (Å²) in [6, 6.07) is 8.51. The number of fused-ring (bicyclic) bond motifs is 2. The standard InChI is InChI=1S/C15H17N5O/c21-14(13-9-17-19-18-13)20-7-5-15(6-8-20)10-16-12-4-2-1-3-11(12)15/h1-4,9,16H,5-8,10H2,(H,17,18,19). The molecule has 0 atom stereocenters. The van der Waals surface area contributed by atoms with Gasteiger partial charge in [0, 0.05) is 30.7 Å². The van der Waals surface area contributed by atoms with E-state index >= 15 is 0 Å². The molecular formula is C15H17N5O. The summed E-state index contributed by atoms with van der Waals surface area (Å²) in [6.07, 6.45) is 3.46. The van der Waals surface area contributed by atoms with Crippen molar-refractivity contribution in [3.05, 3.63) is 41.7 Å². The smallest absolute Gasteiger partial charge is 0.276 e. The van der Waals surface area contributed by atoms with Gasteiger partial charge in [0.05, 0.1) is 6.20 Å². The van der Waals surface area contributed by atoms with Gasteiger partial charge in [-0.1, -0.05) is 18.2 Å². The minimum Gasteiger partial charge on any atom is -0.384 e. The van der Waals surface area contributed by atoms with Crippen molar-refractivity contribution in [3.63, 3.8) is 0 Å². The second kappa shape index (κ2) is 4.58. The first-order valence-corrected chi connectivity index (χ1v) is 7.27. The molecule has 6 nitrogen and oxygen atoms in total. The van der Waals surface area contributed by atoms with Gasteiger partial charge in [-0.05, 0) is 24.5 Å². The number of hydrogen-bond donors (Lipinski definition) is 2. The maximum absolute atomic E-state index is 12.3. The van der Waals surface area contributed by atoms with Crippen LogP contribution in [0.3, 0.4) is 0 Å². The van der Waals surface area contributed by atoms with Crippen LogP contribution in [0.15, 0.2) is 30.5 Å². The van der Waals surface area contributed by atoms with Crippen molar-refractivity contribution in [1.29, 1.82) is 0 Å². The van der Waals surface area contributed by atoms with E-state index in [-0.39, 0.29) is 11.3 Å². The molecular weight excluding hydrogens is 266 g/mol. The molecule has 3 heterocycles. The van der Waals surface area contributed by atoms with E-state index in [9.17, 15) is 4.79 Å². The van der Waals surface area contributed by atoms with Crippen LogP contribution in [0, 0.1) is 0 Å². The first kappa shape index (κ1) is 12.4. The van der Waals surface area contributed by atoms with Crippen molar-refractivity contribution in [2.24, 2.45) is 0 Å². The third kappa shape index (κ3) is 1.90. The number of aromatic amines is 1. The van der Waals surface area contributed by atoms with Crippen LogP contribution in [-0.2, 0) is 5.41 Å². The van der Waals surface area contributed by atoms with Crippen LogP contribution in [0.4, 0.5) is 5.69 Å². The van der Waals surface area contributed by atoms with Crippen LogP contribution in [-0.4, -0.2) is 45.9 Å². The second-order valence-electron chi connectivity index (χ2n) is 5.83. The Morgan fingerprint density at radius 1 is 1.24 bits per heavy atom. The molecule has 2 aromatic rings. The summed E-state index contributed by atoms with van der Waals surface area (Å²) in [5.74, 6) is -0.0298. The predicted octanol–water partition coefficient (Wildman–Crippen LogP) is 1.40. The van der Waals surface area contributed by atoms with E-state index in [1.165, 1.54) is 17.4 Å². The van der Waals surface area contributed by atoms with E-state index in [2.05, 4.69) is 45.0 Å². The number of carbonyl (C=O) groups is 1. The van der Waals surface area contributed by atoms with E-state index < -0.39 is 0 Å². The molecule has 1 aromatic carbocycles. The zero-order chi connectivity index (χ0) is 14.3. The number of anilines is 1. The third-order valence-corrected chi connectivity index (χ3v) is 4.76. The van der Waals surface area contributed by atoms with Crippen LogP contribution < -0.4 is 5.32 Å². The number of rotatable bonds is 1. The summed E-state index contributed by atoms with van der Waals surface area (Å²) in [6.45, 7) is 2.50. The molecule has 1 spiro atoms. The predicted molar refractivity (Wildman–Crippen MR) is 78.1 cm³/mol. The molecule has 21 heavy (non-hydrogen) atoms. The summed E-state index contributed by atoms with van der Waals surface area (Å²) in [5, 5.41) is 13.6. The van der Waals surface area contributed by atoms with Gasteiger partial charge in [-0.3, -0.25) is 4.79 Å². The minimum absolute atomic E-state index is 0.0298. The molecule has 108 valence electrons.